The van der Waals surface area contributed by atoms with Crippen LogP contribution in [-0.4, -0.2) is 22.8 Å². The predicted octanol–water partition coefficient (Wildman–Crippen LogP) is 4.58. The molecule has 0 N–H and O–H groups in total. The minimum atomic E-state index is -5.10. The van der Waals surface area contributed by atoms with Crippen LogP contribution in [0.1, 0.15) is 12.5 Å². The number of rotatable bonds is 5. The molecule has 0 amide bonds. The molecular formula is C16H11F3N2O4S. The summed E-state index contributed by atoms with van der Waals surface area (Å²) >= 11 is 1.35. The number of non-ortho nitro benzene ring substituents is 1. The lowest BCUT2D eigenvalue weighted by atomic mass is 10.1. The van der Waals surface area contributed by atoms with E-state index in [1.807, 2.05) is 0 Å². The van der Waals surface area contributed by atoms with E-state index in [4.69, 9.17) is 0 Å². The Labute approximate surface area is 149 Å². The third-order valence-corrected chi connectivity index (χ3v) is 4.07. The SMILES string of the molecule is C/C(=N\OC(=O)C(F)(F)F)c1ccc(Sc2ccc([N+](=O)[O-])cc2)cc1. The highest BCUT2D eigenvalue weighted by Crippen LogP contribution is 2.29. The van der Waals surface area contributed by atoms with Crippen LogP contribution in [-0.2, 0) is 9.63 Å². The van der Waals surface area contributed by atoms with Crippen LogP contribution in [0.5, 0.6) is 0 Å². The topological polar surface area (TPSA) is 81.8 Å². The number of oxime groups is 1. The highest BCUT2D eigenvalue weighted by atomic mass is 32.2. The first kappa shape index (κ1) is 19.4. The molecule has 0 atom stereocenters. The highest BCUT2D eigenvalue weighted by molar-refractivity contribution is 7.99. The second-order valence-electron chi connectivity index (χ2n) is 4.93. The quantitative estimate of drug-likeness (QED) is 0.326. The smallest absolute Gasteiger partial charge is 0.309 e. The molecule has 6 nitrogen and oxygen atoms in total. The van der Waals surface area contributed by atoms with Gasteiger partial charge in [0.2, 0.25) is 0 Å². The zero-order chi connectivity index (χ0) is 19.3. The van der Waals surface area contributed by atoms with Crippen LogP contribution >= 0.6 is 11.8 Å². The molecular weight excluding hydrogens is 373 g/mol. The van der Waals surface area contributed by atoms with E-state index >= 15 is 0 Å². The van der Waals surface area contributed by atoms with Crippen molar-refractivity contribution in [2.24, 2.45) is 5.16 Å². The standard InChI is InChI=1S/C16H11F3N2O4S/c1-10(20-25-15(22)16(17,18)19)11-2-6-13(7-3-11)26-14-8-4-12(5-9-14)21(23)24/h2-9H,1H3/b20-10+. The molecule has 0 radical (unpaired) electrons. The molecule has 0 bridgehead atoms. The second kappa shape index (κ2) is 8.00. The van der Waals surface area contributed by atoms with Crippen LogP contribution in [0.25, 0.3) is 0 Å². The maximum Gasteiger partial charge on any atom is 0.493 e. The van der Waals surface area contributed by atoms with Gasteiger partial charge in [-0.25, -0.2) is 4.79 Å². The van der Waals surface area contributed by atoms with Crippen molar-refractivity contribution >= 4 is 29.1 Å². The van der Waals surface area contributed by atoms with Gasteiger partial charge in [0.1, 0.15) is 0 Å². The molecule has 0 fully saturated rings. The molecule has 0 heterocycles. The number of alkyl halides is 3. The van der Waals surface area contributed by atoms with E-state index in [1.54, 1.807) is 36.4 Å². The summed E-state index contributed by atoms with van der Waals surface area (Å²) in [5, 5.41) is 13.8. The largest absolute Gasteiger partial charge is 0.493 e. The van der Waals surface area contributed by atoms with Gasteiger partial charge >= 0.3 is 12.1 Å². The lowest BCUT2D eigenvalue weighted by Gasteiger charge is -2.05. The van der Waals surface area contributed by atoms with Gasteiger partial charge in [0, 0.05) is 21.9 Å². The van der Waals surface area contributed by atoms with E-state index in [-0.39, 0.29) is 11.4 Å². The fraction of sp³-hybridized carbons (Fsp3) is 0.125. The normalized spacial score (nSPS) is 11.9. The van der Waals surface area contributed by atoms with E-state index in [0.29, 0.717) is 5.56 Å². The fourth-order valence-electron chi connectivity index (χ4n) is 1.75. The maximum absolute atomic E-state index is 12.0. The average Bonchev–Trinajstić information content (AvgIpc) is 2.59. The monoisotopic (exact) mass is 384 g/mol. The van der Waals surface area contributed by atoms with Crippen molar-refractivity contribution in [1.82, 2.24) is 0 Å². The van der Waals surface area contributed by atoms with Crippen LogP contribution in [0.2, 0.25) is 0 Å². The number of carbonyl (C=O) groups is 1. The molecule has 0 spiro atoms. The summed E-state index contributed by atoms with van der Waals surface area (Å²) in [6.07, 6.45) is -5.10. The van der Waals surface area contributed by atoms with E-state index < -0.39 is 17.1 Å². The molecule has 136 valence electrons. The Kier molecular flexibility index (Phi) is 5.98. The first-order valence-electron chi connectivity index (χ1n) is 7.02. The summed E-state index contributed by atoms with van der Waals surface area (Å²) in [4.78, 5) is 26.2. The summed E-state index contributed by atoms with van der Waals surface area (Å²) in [5.74, 6) is -2.39. The highest BCUT2D eigenvalue weighted by Gasteiger charge is 2.41. The van der Waals surface area contributed by atoms with Crippen LogP contribution < -0.4 is 0 Å². The lowest BCUT2D eigenvalue weighted by molar-refractivity contribution is -0.384. The van der Waals surface area contributed by atoms with Crippen molar-refractivity contribution in [3.8, 4) is 0 Å². The summed E-state index contributed by atoms with van der Waals surface area (Å²) in [6, 6.07) is 12.6. The van der Waals surface area contributed by atoms with Gasteiger partial charge in [-0.3, -0.25) is 10.1 Å². The van der Waals surface area contributed by atoms with Gasteiger partial charge in [0.15, 0.2) is 0 Å². The van der Waals surface area contributed by atoms with Crippen molar-refractivity contribution in [1.29, 1.82) is 0 Å². The number of nitro benzene ring substituents is 1. The predicted molar refractivity (Wildman–Crippen MR) is 88.0 cm³/mol. The molecule has 2 rings (SSSR count). The van der Waals surface area contributed by atoms with Gasteiger partial charge in [-0.05, 0) is 36.8 Å². The van der Waals surface area contributed by atoms with Crippen LogP contribution in [0.4, 0.5) is 18.9 Å². The third kappa shape index (κ3) is 5.31. The summed E-state index contributed by atoms with van der Waals surface area (Å²) < 4.78 is 36.1. The fourth-order valence-corrected chi connectivity index (χ4v) is 2.57. The van der Waals surface area contributed by atoms with E-state index in [9.17, 15) is 28.1 Å². The number of hydrogen-bond donors (Lipinski definition) is 0. The van der Waals surface area contributed by atoms with Gasteiger partial charge in [0.25, 0.3) is 5.69 Å². The number of carbonyl (C=O) groups excluding carboxylic acids is 1. The Bertz CT molecular complexity index is 834. The molecule has 0 unspecified atom stereocenters. The van der Waals surface area contributed by atoms with E-state index in [1.165, 1.54) is 30.8 Å². The number of benzene rings is 2. The van der Waals surface area contributed by atoms with Crippen molar-refractivity contribution in [3.63, 3.8) is 0 Å². The van der Waals surface area contributed by atoms with Gasteiger partial charge in [-0.2, -0.15) is 13.2 Å². The summed E-state index contributed by atoms with van der Waals surface area (Å²) in [5.41, 5.74) is 0.576. The molecule has 26 heavy (non-hydrogen) atoms. The molecule has 0 aliphatic carbocycles. The molecule has 0 aromatic heterocycles. The van der Waals surface area contributed by atoms with Gasteiger partial charge in [0.05, 0.1) is 10.6 Å². The first-order valence-corrected chi connectivity index (χ1v) is 7.84. The summed E-state index contributed by atoms with van der Waals surface area (Å²) in [6.45, 7) is 1.40. The number of halogens is 3. The van der Waals surface area contributed by atoms with E-state index in [2.05, 4.69) is 9.99 Å². The molecule has 0 aliphatic heterocycles. The van der Waals surface area contributed by atoms with E-state index in [0.717, 1.165) is 9.79 Å². The third-order valence-electron chi connectivity index (χ3n) is 3.05. The Balaban J connectivity index is 2.03. The van der Waals surface area contributed by atoms with Gasteiger partial charge < -0.3 is 4.84 Å². The Hall–Kier alpha value is -2.88. The molecule has 0 saturated carbocycles. The molecule has 0 saturated heterocycles. The van der Waals surface area contributed by atoms with Crippen molar-refractivity contribution < 1.29 is 27.7 Å². The lowest BCUT2D eigenvalue weighted by Crippen LogP contribution is -2.24. The van der Waals surface area contributed by atoms with Gasteiger partial charge in [-0.1, -0.05) is 29.1 Å². The Morgan fingerprint density at radius 1 is 1.08 bits per heavy atom. The van der Waals surface area contributed by atoms with Crippen molar-refractivity contribution in [2.45, 2.75) is 22.9 Å². The van der Waals surface area contributed by atoms with Crippen LogP contribution in [0, 0.1) is 10.1 Å². The number of nitrogens with zero attached hydrogens (tertiary/aromatic N) is 2. The Morgan fingerprint density at radius 3 is 2.04 bits per heavy atom. The van der Waals surface area contributed by atoms with Crippen molar-refractivity contribution in [2.75, 3.05) is 0 Å². The molecule has 10 heteroatoms. The maximum atomic E-state index is 12.0. The molecule has 2 aromatic carbocycles. The zero-order valence-corrected chi connectivity index (χ0v) is 14.0. The number of hydrogen-bond acceptors (Lipinski definition) is 6. The van der Waals surface area contributed by atoms with Gasteiger partial charge in [-0.15, -0.1) is 0 Å². The average molecular weight is 384 g/mol. The molecule has 0 aliphatic rings. The van der Waals surface area contributed by atoms with Crippen LogP contribution in [0.15, 0.2) is 63.5 Å². The minimum absolute atomic E-state index is 0.00932. The summed E-state index contributed by atoms with van der Waals surface area (Å²) in [7, 11) is 0. The van der Waals surface area contributed by atoms with Crippen LogP contribution in [0.3, 0.4) is 0 Å². The number of nitro groups is 1. The van der Waals surface area contributed by atoms with Crippen molar-refractivity contribution in [3.05, 3.63) is 64.2 Å². The Morgan fingerprint density at radius 2 is 1.58 bits per heavy atom. The zero-order valence-electron chi connectivity index (χ0n) is 13.2. The molecule has 2 aromatic rings. The second-order valence-corrected chi connectivity index (χ2v) is 6.08. The first-order chi connectivity index (χ1) is 12.2. The minimum Gasteiger partial charge on any atom is -0.309 e.